The van der Waals surface area contributed by atoms with Crippen LogP contribution in [0.25, 0.3) is 11.1 Å². The van der Waals surface area contributed by atoms with E-state index in [1.807, 2.05) is 18.2 Å². The molecule has 1 unspecified atom stereocenters. The Labute approximate surface area is 103 Å². The van der Waals surface area contributed by atoms with Crippen molar-refractivity contribution < 1.29 is 0 Å². The normalized spacial score (nSPS) is 12.4. The van der Waals surface area contributed by atoms with Gasteiger partial charge in [-0.2, -0.15) is 0 Å². The van der Waals surface area contributed by atoms with E-state index in [0.717, 1.165) is 11.3 Å². The van der Waals surface area contributed by atoms with Gasteiger partial charge >= 0.3 is 0 Å². The van der Waals surface area contributed by atoms with Gasteiger partial charge in [-0.05, 0) is 29.5 Å². The number of nitrogen functional groups attached to an aromatic ring is 1. The summed E-state index contributed by atoms with van der Waals surface area (Å²) < 4.78 is 0. The summed E-state index contributed by atoms with van der Waals surface area (Å²) in [5.74, 6) is 0.622. The first-order valence-electron chi connectivity index (χ1n) is 6.17. The van der Waals surface area contributed by atoms with Crippen LogP contribution in [0.1, 0.15) is 31.7 Å². The molecule has 0 aromatic heterocycles. The molecule has 2 N–H and O–H groups in total. The molecule has 0 spiro atoms. The van der Waals surface area contributed by atoms with E-state index < -0.39 is 0 Å². The highest BCUT2D eigenvalue weighted by Gasteiger charge is 2.04. The van der Waals surface area contributed by atoms with Gasteiger partial charge in [0.05, 0.1) is 0 Å². The van der Waals surface area contributed by atoms with Crippen molar-refractivity contribution >= 4 is 5.69 Å². The fourth-order valence-corrected chi connectivity index (χ4v) is 1.99. The molecule has 0 aliphatic heterocycles. The molecule has 1 heteroatoms. The molecule has 1 nitrogen and oxygen atoms in total. The number of hydrogen-bond acceptors (Lipinski definition) is 1. The Morgan fingerprint density at radius 3 is 2.24 bits per heavy atom. The van der Waals surface area contributed by atoms with Crippen molar-refractivity contribution in [3.63, 3.8) is 0 Å². The zero-order valence-corrected chi connectivity index (χ0v) is 10.5. The maximum absolute atomic E-state index is 5.98. The zero-order valence-electron chi connectivity index (χ0n) is 10.5. The molecule has 2 aromatic carbocycles. The highest BCUT2D eigenvalue weighted by atomic mass is 14.6. The lowest BCUT2D eigenvalue weighted by Gasteiger charge is -2.10. The maximum Gasteiger partial charge on any atom is 0.0393 e. The Bertz CT molecular complexity index is 485. The highest BCUT2D eigenvalue weighted by molar-refractivity contribution is 5.76. The van der Waals surface area contributed by atoms with Gasteiger partial charge in [-0.3, -0.25) is 0 Å². The summed E-state index contributed by atoms with van der Waals surface area (Å²) in [6, 6.07) is 16.7. The average Bonchev–Trinajstić information content (AvgIpc) is 2.39. The minimum Gasteiger partial charge on any atom is -0.398 e. The molecule has 88 valence electrons. The molecule has 0 amide bonds. The van der Waals surface area contributed by atoms with E-state index in [1.165, 1.54) is 17.5 Å². The summed E-state index contributed by atoms with van der Waals surface area (Å²) in [4.78, 5) is 0. The zero-order chi connectivity index (χ0) is 12.3. The lowest BCUT2D eigenvalue weighted by Crippen LogP contribution is -1.92. The molecule has 0 radical (unpaired) electrons. The van der Waals surface area contributed by atoms with Crippen LogP contribution >= 0.6 is 0 Å². The van der Waals surface area contributed by atoms with E-state index in [0.29, 0.717) is 5.92 Å². The van der Waals surface area contributed by atoms with Gasteiger partial charge in [0, 0.05) is 11.3 Å². The van der Waals surface area contributed by atoms with Crippen LogP contribution in [-0.4, -0.2) is 0 Å². The molecule has 17 heavy (non-hydrogen) atoms. The van der Waals surface area contributed by atoms with E-state index in [9.17, 15) is 0 Å². The largest absolute Gasteiger partial charge is 0.398 e. The third-order valence-electron chi connectivity index (χ3n) is 3.36. The van der Waals surface area contributed by atoms with E-state index in [4.69, 9.17) is 5.73 Å². The molecule has 2 rings (SSSR count). The number of benzene rings is 2. The Kier molecular flexibility index (Phi) is 3.48. The third-order valence-corrected chi connectivity index (χ3v) is 3.36. The number of anilines is 1. The van der Waals surface area contributed by atoms with Gasteiger partial charge in [0.15, 0.2) is 0 Å². The quantitative estimate of drug-likeness (QED) is 0.767. The lowest BCUT2D eigenvalue weighted by molar-refractivity contribution is 0.734. The number of para-hydroxylation sites is 1. The summed E-state index contributed by atoms with van der Waals surface area (Å²) in [5.41, 5.74) is 10.5. The van der Waals surface area contributed by atoms with Crippen molar-refractivity contribution in [1.29, 1.82) is 0 Å². The fraction of sp³-hybridized carbons (Fsp3) is 0.250. The van der Waals surface area contributed by atoms with Gasteiger partial charge in [-0.25, -0.2) is 0 Å². The summed E-state index contributed by atoms with van der Waals surface area (Å²) in [6.45, 7) is 4.47. The first kappa shape index (κ1) is 11.7. The first-order valence-corrected chi connectivity index (χ1v) is 6.17. The van der Waals surface area contributed by atoms with Crippen molar-refractivity contribution in [2.24, 2.45) is 0 Å². The molecule has 0 heterocycles. The first-order chi connectivity index (χ1) is 8.22. The Hall–Kier alpha value is -1.76. The smallest absolute Gasteiger partial charge is 0.0393 e. The van der Waals surface area contributed by atoms with E-state index in [1.54, 1.807) is 0 Å². The van der Waals surface area contributed by atoms with E-state index in [2.05, 4.69) is 44.2 Å². The van der Waals surface area contributed by atoms with Crippen molar-refractivity contribution in [2.75, 3.05) is 5.73 Å². The average molecular weight is 225 g/mol. The molecular weight excluding hydrogens is 206 g/mol. The molecule has 0 aliphatic carbocycles. The van der Waals surface area contributed by atoms with Crippen LogP contribution in [0.4, 0.5) is 5.69 Å². The second-order valence-electron chi connectivity index (χ2n) is 4.52. The van der Waals surface area contributed by atoms with Crippen molar-refractivity contribution in [2.45, 2.75) is 26.2 Å². The Morgan fingerprint density at radius 2 is 1.65 bits per heavy atom. The Morgan fingerprint density at radius 1 is 1.00 bits per heavy atom. The van der Waals surface area contributed by atoms with Crippen LogP contribution < -0.4 is 5.73 Å². The molecule has 0 bridgehead atoms. The van der Waals surface area contributed by atoms with Crippen LogP contribution in [0, 0.1) is 0 Å². The van der Waals surface area contributed by atoms with E-state index >= 15 is 0 Å². The van der Waals surface area contributed by atoms with Gasteiger partial charge in [0.25, 0.3) is 0 Å². The number of hydrogen-bond donors (Lipinski definition) is 1. The van der Waals surface area contributed by atoms with Gasteiger partial charge < -0.3 is 5.73 Å². The lowest BCUT2D eigenvalue weighted by atomic mass is 9.95. The summed E-state index contributed by atoms with van der Waals surface area (Å²) in [6.07, 6.45) is 1.17. The van der Waals surface area contributed by atoms with Crippen LogP contribution in [-0.2, 0) is 0 Å². The van der Waals surface area contributed by atoms with Crippen LogP contribution in [0.15, 0.2) is 48.5 Å². The second-order valence-corrected chi connectivity index (χ2v) is 4.52. The molecule has 0 saturated carbocycles. The van der Waals surface area contributed by atoms with Crippen molar-refractivity contribution in [1.82, 2.24) is 0 Å². The van der Waals surface area contributed by atoms with Gasteiger partial charge in [0.2, 0.25) is 0 Å². The topological polar surface area (TPSA) is 26.0 Å². The second kappa shape index (κ2) is 5.05. The minimum absolute atomic E-state index is 0.622. The van der Waals surface area contributed by atoms with Crippen LogP contribution in [0.3, 0.4) is 0 Å². The number of nitrogens with two attached hydrogens (primary N) is 1. The molecular formula is C16H19N. The van der Waals surface area contributed by atoms with Crippen molar-refractivity contribution in [3.8, 4) is 11.1 Å². The Balaban J connectivity index is 2.33. The van der Waals surface area contributed by atoms with Gasteiger partial charge in [-0.1, -0.05) is 56.3 Å². The van der Waals surface area contributed by atoms with Gasteiger partial charge in [0.1, 0.15) is 0 Å². The predicted octanol–water partition coefficient (Wildman–Crippen LogP) is 4.45. The summed E-state index contributed by atoms with van der Waals surface area (Å²) in [7, 11) is 0. The number of rotatable bonds is 3. The summed E-state index contributed by atoms with van der Waals surface area (Å²) >= 11 is 0. The molecule has 0 aliphatic rings. The fourth-order valence-electron chi connectivity index (χ4n) is 1.99. The molecule has 0 fully saturated rings. The molecule has 0 saturated heterocycles. The third kappa shape index (κ3) is 2.50. The SMILES string of the molecule is CCC(C)c1ccc(-c2ccccc2N)cc1. The molecule has 2 aromatic rings. The van der Waals surface area contributed by atoms with Crippen molar-refractivity contribution in [3.05, 3.63) is 54.1 Å². The molecule has 1 atom stereocenters. The van der Waals surface area contributed by atoms with Crippen LogP contribution in [0.5, 0.6) is 0 Å². The standard InChI is InChI=1S/C16H19N/c1-3-12(2)13-8-10-14(11-9-13)15-6-4-5-7-16(15)17/h4-12H,3,17H2,1-2H3. The van der Waals surface area contributed by atoms with E-state index in [-0.39, 0.29) is 0 Å². The highest BCUT2D eigenvalue weighted by Crippen LogP contribution is 2.27. The predicted molar refractivity (Wildman–Crippen MR) is 75.0 cm³/mol. The van der Waals surface area contributed by atoms with Gasteiger partial charge in [-0.15, -0.1) is 0 Å². The summed E-state index contributed by atoms with van der Waals surface area (Å²) in [5, 5.41) is 0. The van der Waals surface area contributed by atoms with Crippen LogP contribution in [0.2, 0.25) is 0 Å². The maximum atomic E-state index is 5.98. The monoisotopic (exact) mass is 225 g/mol. The minimum atomic E-state index is 0.622.